The summed E-state index contributed by atoms with van der Waals surface area (Å²) in [6, 6.07) is -0.0677. The lowest BCUT2D eigenvalue weighted by atomic mass is 9.92. The van der Waals surface area contributed by atoms with Gasteiger partial charge in [0.1, 0.15) is 0 Å². The Labute approximate surface area is 89.8 Å². The number of rotatable bonds is 3. The normalized spacial score (nSPS) is 29.6. The van der Waals surface area contributed by atoms with Crippen LogP contribution in [0.15, 0.2) is 0 Å². The van der Waals surface area contributed by atoms with Crippen LogP contribution >= 0.6 is 11.6 Å². The molecule has 0 aliphatic heterocycles. The smallest absolute Gasteiger partial charge is 0.224 e. The van der Waals surface area contributed by atoms with Crippen LogP contribution in [-0.4, -0.2) is 29.0 Å². The number of carbonyl (C=O) groups excluding carboxylic acids is 1. The van der Waals surface area contributed by atoms with Crippen LogP contribution < -0.4 is 5.32 Å². The summed E-state index contributed by atoms with van der Waals surface area (Å²) in [4.78, 5) is 11.5. The van der Waals surface area contributed by atoms with Gasteiger partial charge in [-0.05, 0) is 12.8 Å². The van der Waals surface area contributed by atoms with Crippen molar-refractivity contribution in [3.8, 4) is 0 Å². The highest BCUT2D eigenvalue weighted by atomic mass is 35.5. The third-order valence-electron chi connectivity index (χ3n) is 2.74. The van der Waals surface area contributed by atoms with E-state index in [2.05, 4.69) is 5.32 Å². The van der Waals surface area contributed by atoms with Crippen molar-refractivity contribution in [3.63, 3.8) is 0 Å². The largest absolute Gasteiger partial charge is 0.391 e. The Balaban J connectivity index is 2.38. The fourth-order valence-electron chi connectivity index (χ4n) is 1.67. The summed E-state index contributed by atoms with van der Waals surface area (Å²) in [6.45, 7) is 1.79. The fraction of sp³-hybridized carbons (Fsp3) is 0.900. The molecule has 82 valence electrons. The number of halogens is 1. The molecule has 0 radical (unpaired) electrons. The van der Waals surface area contributed by atoms with Crippen LogP contribution in [0.2, 0.25) is 0 Å². The molecule has 4 heteroatoms. The highest BCUT2D eigenvalue weighted by Gasteiger charge is 2.25. The number of aliphatic hydroxyl groups excluding tert-OH is 1. The predicted molar refractivity (Wildman–Crippen MR) is 56.3 cm³/mol. The molecule has 0 aromatic heterocycles. The molecule has 2 N–H and O–H groups in total. The summed E-state index contributed by atoms with van der Waals surface area (Å²) >= 11 is 5.58. The first kappa shape index (κ1) is 11.8. The lowest BCUT2D eigenvalue weighted by Crippen LogP contribution is -2.47. The number of aliphatic hydroxyl groups is 1. The first-order chi connectivity index (χ1) is 6.65. The maximum absolute atomic E-state index is 11.5. The number of hydrogen-bond donors (Lipinski definition) is 2. The zero-order chi connectivity index (χ0) is 10.6. The molecule has 1 rings (SSSR count). The van der Waals surface area contributed by atoms with Gasteiger partial charge in [-0.2, -0.15) is 0 Å². The van der Waals surface area contributed by atoms with Crippen molar-refractivity contribution < 1.29 is 9.90 Å². The Morgan fingerprint density at radius 3 is 2.79 bits per heavy atom. The summed E-state index contributed by atoms with van der Waals surface area (Å²) in [7, 11) is 0. The summed E-state index contributed by atoms with van der Waals surface area (Å²) < 4.78 is 0. The van der Waals surface area contributed by atoms with Crippen molar-refractivity contribution in [1.82, 2.24) is 5.32 Å². The lowest BCUT2D eigenvalue weighted by Gasteiger charge is -2.29. The van der Waals surface area contributed by atoms with Gasteiger partial charge in [-0.15, -0.1) is 11.6 Å². The van der Waals surface area contributed by atoms with Crippen molar-refractivity contribution in [3.05, 3.63) is 0 Å². The quantitative estimate of drug-likeness (QED) is 0.703. The first-order valence-corrected chi connectivity index (χ1v) is 5.73. The third-order valence-corrected chi connectivity index (χ3v) is 3.20. The van der Waals surface area contributed by atoms with Crippen LogP contribution in [0, 0.1) is 5.92 Å². The molecule has 1 aliphatic carbocycles. The van der Waals surface area contributed by atoms with Gasteiger partial charge in [-0.3, -0.25) is 4.79 Å². The van der Waals surface area contributed by atoms with Crippen LogP contribution in [0.4, 0.5) is 0 Å². The van der Waals surface area contributed by atoms with Gasteiger partial charge in [0.05, 0.1) is 12.1 Å². The first-order valence-electron chi connectivity index (χ1n) is 5.19. The van der Waals surface area contributed by atoms with Crippen LogP contribution in [0.25, 0.3) is 0 Å². The van der Waals surface area contributed by atoms with Gasteiger partial charge < -0.3 is 10.4 Å². The Morgan fingerprint density at radius 2 is 2.21 bits per heavy atom. The second-order valence-corrected chi connectivity index (χ2v) is 4.33. The average Bonchev–Trinajstić information content (AvgIpc) is 2.20. The van der Waals surface area contributed by atoms with Crippen LogP contribution in [0.5, 0.6) is 0 Å². The molecule has 1 unspecified atom stereocenters. The molecule has 1 fully saturated rings. The fourth-order valence-corrected chi connectivity index (χ4v) is 1.81. The monoisotopic (exact) mass is 219 g/mol. The average molecular weight is 220 g/mol. The zero-order valence-corrected chi connectivity index (χ0v) is 9.26. The molecule has 1 saturated carbocycles. The van der Waals surface area contributed by atoms with Gasteiger partial charge in [0.2, 0.25) is 5.91 Å². The van der Waals surface area contributed by atoms with Crippen molar-refractivity contribution in [2.24, 2.45) is 5.92 Å². The van der Waals surface area contributed by atoms with E-state index in [1.165, 1.54) is 0 Å². The van der Waals surface area contributed by atoms with Crippen LogP contribution in [-0.2, 0) is 4.79 Å². The minimum absolute atomic E-state index is 0.0500. The molecule has 0 aromatic rings. The van der Waals surface area contributed by atoms with E-state index in [1.54, 1.807) is 6.92 Å². The molecular formula is C10H18ClNO2. The highest BCUT2D eigenvalue weighted by Crippen LogP contribution is 2.18. The van der Waals surface area contributed by atoms with Gasteiger partial charge in [0.15, 0.2) is 0 Å². The van der Waals surface area contributed by atoms with E-state index in [1.807, 2.05) is 0 Å². The molecule has 1 amide bonds. The number of carbonyl (C=O) groups is 1. The maximum atomic E-state index is 11.5. The Kier molecular flexibility index (Phi) is 4.69. The molecule has 0 bridgehead atoms. The van der Waals surface area contributed by atoms with Crippen molar-refractivity contribution in [2.75, 3.05) is 5.88 Å². The van der Waals surface area contributed by atoms with Crippen molar-refractivity contribution in [2.45, 2.75) is 44.8 Å². The number of alkyl halides is 1. The summed E-state index contributed by atoms with van der Waals surface area (Å²) in [5, 5.41) is 12.5. The van der Waals surface area contributed by atoms with Gasteiger partial charge >= 0.3 is 0 Å². The molecule has 1 aliphatic rings. The molecule has 0 spiro atoms. The van der Waals surface area contributed by atoms with E-state index in [4.69, 9.17) is 11.6 Å². The van der Waals surface area contributed by atoms with E-state index in [9.17, 15) is 9.90 Å². The standard InChI is InChI=1S/C10H18ClNO2/c1-7(6-11)10(14)12-8-4-2-3-5-9(8)13/h7-9,13H,2-6H2,1H3,(H,12,14)/t7?,8-,9-/m1/s1. The van der Waals surface area contributed by atoms with Crippen molar-refractivity contribution >= 4 is 17.5 Å². The van der Waals surface area contributed by atoms with E-state index >= 15 is 0 Å². The Morgan fingerprint density at radius 1 is 1.57 bits per heavy atom. The summed E-state index contributed by atoms with van der Waals surface area (Å²) in [5.41, 5.74) is 0. The molecular weight excluding hydrogens is 202 g/mol. The number of hydrogen-bond acceptors (Lipinski definition) is 2. The van der Waals surface area contributed by atoms with Crippen LogP contribution in [0.3, 0.4) is 0 Å². The van der Waals surface area contributed by atoms with Crippen LogP contribution in [0.1, 0.15) is 32.6 Å². The van der Waals surface area contributed by atoms with E-state index in [0.29, 0.717) is 5.88 Å². The van der Waals surface area contributed by atoms with E-state index in [0.717, 1.165) is 25.7 Å². The minimum atomic E-state index is -0.379. The molecule has 3 atom stereocenters. The lowest BCUT2D eigenvalue weighted by molar-refractivity contribution is -0.125. The van der Waals surface area contributed by atoms with E-state index in [-0.39, 0.29) is 24.0 Å². The van der Waals surface area contributed by atoms with Gasteiger partial charge in [-0.1, -0.05) is 19.8 Å². The third kappa shape index (κ3) is 3.14. The molecule has 0 saturated heterocycles. The predicted octanol–water partition coefficient (Wildman–Crippen LogP) is 1.28. The Bertz CT molecular complexity index is 199. The van der Waals surface area contributed by atoms with Crippen molar-refractivity contribution in [1.29, 1.82) is 0 Å². The van der Waals surface area contributed by atoms with Gasteiger partial charge in [0.25, 0.3) is 0 Å². The topological polar surface area (TPSA) is 49.3 Å². The van der Waals surface area contributed by atoms with Gasteiger partial charge in [0, 0.05) is 11.8 Å². The molecule has 14 heavy (non-hydrogen) atoms. The Hall–Kier alpha value is -0.280. The number of amides is 1. The van der Waals surface area contributed by atoms with E-state index < -0.39 is 0 Å². The summed E-state index contributed by atoms with van der Waals surface area (Å²) in [5.74, 6) is 0.103. The minimum Gasteiger partial charge on any atom is -0.391 e. The second kappa shape index (κ2) is 5.56. The molecule has 0 heterocycles. The SMILES string of the molecule is CC(CCl)C(=O)N[C@@H]1CCCC[C@H]1O. The maximum Gasteiger partial charge on any atom is 0.224 e. The molecule has 0 aromatic carbocycles. The highest BCUT2D eigenvalue weighted by molar-refractivity contribution is 6.19. The second-order valence-electron chi connectivity index (χ2n) is 4.02. The number of nitrogens with one attached hydrogen (secondary N) is 1. The molecule has 3 nitrogen and oxygen atoms in total. The zero-order valence-electron chi connectivity index (χ0n) is 8.50. The van der Waals surface area contributed by atoms with Gasteiger partial charge in [-0.25, -0.2) is 0 Å². The summed E-state index contributed by atoms with van der Waals surface area (Å²) in [6.07, 6.45) is 3.42.